The van der Waals surface area contributed by atoms with Gasteiger partial charge in [0.25, 0.3) is 0 Å². The van der Waals surface area contributed by atoms with E-state index in [4.69, 9.17) is 5.73 Å². The molecule has 5 heteroatoms. The zero-order valence-electron chi connectivity index (χ0n) is 9.01. The van der Waals surface area contributed by atoms with Crippen molar-refractivity contribution in [3.05, 3.63) is 24.4 Å². The van der Waals surface area contributed by atoms with Crippen LogP contribution in [-0.4, -0.2) is 22.3 Å². The summed E-state index contributed by atoms with van der Waals surface area (Å²) in [6.45, 7) is 1.68. The number of pyridine rings is 1. The van der Waals surface area contributed by atoms with Crippen molar-refractivity contribution in [1.82, 2.24) is 4.98 Å². The SMILES string of the molecule is CC1(C(N)=O)CCC(=O)N1c1ccccn1. The van der Waals surface area contributed by atoms with Crippen LogP contribution >= 0.6 is 0 Å². The van der Waals surface area contributed by atoms with Gasteiger partial charge in [0.05, 0.1) is 0 Å². The zero-order valence-corrected chi connectivity index (χ0v) is 9.01. The molecule has 0 spiro atoms. The monoisotopic (exact) mass is 219 g/mol. The molecule has 5 nitrogen and oxygen atoms in total. The highest BCUT2D eigenvalue weighted by atomic mass is 16.2. The Kier molecular flexibility index (Phi) is 2.38. The first-order chi connectivity index (χ1) is 7.55. The molecule has 2 N–H and O–H groups in total. The minimum Gasteiger partial charge on any atom is -0.368 e. The summed E-state index contributed by atoms with van der Waals surface area (Å²) < 4.78 is 0. The quantitative estimate of drug-likeness (QED) is 0.784. The number of nitrogens with zero attached hydrogens (tertiary/aromatic N) is 2. The van der Waals surface area contributed by atoms with Crippen LogP contribution in [0.3, 0.4) is 0 Å². The average Bonchev–Trinajstić information content (AvgIpc) is 2.57. The van der Waals surface area contributed by atoms with E-state index in [1.54, 1.807) is 31.3 Å². The van der Waals surface area contributed by atoms with E-state index in [0.717, 1.165) is 0 Å². The lowest BCUT2D eigenvalue weighted by Gasteiger charge is -2.31. The van der Waals surface area contributed by atoms with E-state index in [1.165, 1.54) is 4.90 Å². The van der Waals surface area contributed by atoms with E-state index >= 15 is 0 Å². The van der Waals surface area contributed by atoms with Gasteiger partial charge in [0.1, 0.15) is 11.4 Å². The zero-order chi connectivity index (χ0) is 11.8. The molecule has 0 radical (unpaired) electrons. The summed E-state index contributed by atoms with van der Waals surface area (Å²) in [5.41, 5.74) is 4.41. The largest absolute Gasteiger partial charge is 0.368 e. The number of aromatic nitrogens is 1. The first-order valence-electron chi connectivity index (χ1n) is 5.10. The van der Waals surface area contributed by atoms with E-state index in [2.05, 4.69) is 4.98 Å². The van der Waals surface area contributed by atoms with Crippen molar-refractivity contribution in [3.8, 4) is 0 Å². The smallest absolute Gasteiger partial charge is 0.243 e. The Bertz CT molecular complexity index is 432. The minimum atomic E-state index is -0.953. The topological polar surface area (TPSA) is 76.3 Å². The van der Waals surface area contributed by atoms with Crippen molar-refractivity contribution < 1.29 is 9.59 Å². The second-order valence-corrected chi connectivity index (χ2v) is 4.06. The van der Waals surface area contributed by atoms with Gasteiger partial charge in [0.2, 0.25) is 11.8 Å². The van der Waals surface area contributed by atoms with E-state index in [0.29, 0.717) is 18.7 Å². The third-order valence-corrected chi connectivity index (χ3v) is 2.98. The third kappa shape index (κ3) is 1.44. The van der Waals surface area contributed by atoms with Gasteiger partial charge < -0.3 is 5.73 Å². The fraction of sp³-hybridized carbons (Fsp3) is 0.364. The van der Waals surface area contributed by atoms with Crippen LogP contribution in [0.1, 0.15) is 19.8 Å². The van der Waals surface area contributed by atoms with E-state index in [9.17, 15) is 9.59 Å². The van der Waals surface area contributed by atoms with Gasteiger partial charge in [-0.05, 0) is 25.5 Å². The molecule has 0 saturated carbocycles. The maximum atomic E-state index is 11.8. The predicted octanol–water partition coefficient (Wildman–Crippen LogP) is 0.452. The fourth-order valence-electron chi connectivity index (χ4n) is 1.95. The van der Waals surface area contributed by atoms with Crippen LogP contribution in [0.4, 0.5) is 5.82 Å². The molecule has 1 aliphatic heterocycles. The standard InChI is InChI=1S/C11H13N3O2/c1-11(10(12)16)6-5-9(15)14(11)8-4-2-3-7-13-8/h2-4,7H,5-6H2,1H3,(H2,12,16). The molecule has 16 heavy (non-hydrogen) atoms. The van der Waals surface area contributed by atoms with Crippen LogP contribution < -0.4 is 10.6 Å². The number of carbonyl (C=O) groups is 2. The van der Waals surface area contributed by atoms with Crippen molar-refractivity contribution in [2.75, 3.05) is 4.90 Å². The Morgan fingerprint density at radius 1 is 1.56 bits per heavy atom. The highest BCUT2D eigenvalue weighted by Gasteiger charge is 2.47. The van der Waals surface area contributed by atoms with Crippen molar-refractivity contribution in [2.24, 2.45) is 5.73 Å². The van der Waals surface area contributed by atoms with Crippen LogP contribution in [0.2, 0.25) is 0 Å². The number of amides is 2. The lowest BCUT2D eigenvalue weighted by Crippen LogP contribution is -2.53. The van der Waals surface area contributed by atoms with E-state index in [-0.39, 0.29) is 5.91 Å². The van der Waals surface area contributed by atoms with Crippen molar-refractivity contribution >= 4 is 17.6 Å². The number of anilines is 1. The van der Waals surface area contributed by atoms with E-state index in [1.807, 2.05) is 0 Å². The van der Waals surface area contributed by atoms with Crippen LogP contribution in [-0.2, 0) is 9.59 Å². The van der Waals surface area contributed by atoms with Crippen LogP contribution in [0.5, 0.6) is 0 Å². The molecule has 1 atom stereocenters. The summed E-state index contributed by atoms with van der Waals surface area (Å²) in [7, 11) is 0. The number of primary amides is 1. The Hall–Kier alpha value is -1.91. The van der Waals surface area contributed by atoms with Gasteiger partial charge in [-0.1, -0.05) is 6.07 Å². The van der Waals surface area contributed by atoms with Gasteiger partial charge in [-0.3, -0.25) is 14.5 Å². The van der Waals surface area contributed by atoms with Gasteiger partial charge in [-0.15, -0.1) is 0 Å². The molecule has 2 rings (SSSR count). The summed E-state index contributed by atoms with van der Waals surface area (Å²) in [6.07, 6.45) is 2.36. The number of hydrogen-bond donors (Lipinski definition) is 1. The van der Waals surface area contributed by atoms with Gasteiger partial charge in [-0.2, -0.15) is 0 Å². The first-order valence-corrected chi connectivity index (χ1v) is 5.10. The van der Waals surface area contributed by atoms with Gasteiger partial charge in [0, 0.05) is 12.6 Å². The highest BCUT2D eigenvalue weighted by Crippen LogP contribution is 2.33. The summed E-state index contributed by atoms with van der Waals surface area (Å²) >= 11 is 0. The fourth-order valence-corrected chi connectivity index (χ4v) is 1.95. The lowest BCUT2D eigenvalue weighted by molar-refractivity contribution is -0.124. The molecular formula is C11H13N3O2. The second kappa shape index (κ2) is 3.59. The van der Waals surface area contributed by atoms with Gasteiger partial charge in [0.15, 0.2) is 0 Å². The maximum Gasteiger partial charge on any atom is 0.243 e. The van der Waals surface area contributed by atoms with Crippen molar-refractivity contribution in [3.63, 3.8) is 0 Å². The molecule has 2 heterocycles. The van der Waals surface area contributed by atoms with Crippen LogP contribution in [0, 0.1) is 0 Å². The normalized spacial score (nSPS) is 24.8. The summed E-state index contributed by atoms with van der Waals surface area (Å²) in [5.74, 6) is -0.129. The number of rotatable bonds is 2. The molecule has 0 aliphatic carbocycles. The first kappa shape index (κ1) is 10.6. The maximum absolute atomic E-state index is 11.8. The van der Waals surface area contributed by atoms with Crippen molar-refractivity contribution in [2.45, 2.75) is 25.3 Å². The van der Waals surface area contributed by atoms with E-state index < -0.39 is 11.4 Å². The molecular weight excluding hydrogens is 206 g/mol. The summed E-state index contributed by atoms with van der Waals surface area (Å²) in [5, 5.41) is 0. The van der Waals surface area contributed by atoms with Crippen LogP contribution in [0.15, 0.2) is 24.4 Å². The summed E-state index contributed by atoms with van der Waals surface area (Å²) in [6, 6.07) is 5.23. The average molecular weight is 219 g/mol. The second-order valence-electron chi connectivity index (χ2n) is 4.06. The Morgan fingerprint density at radius 3 is 2.88 bits per heavy atom. The van der Waals surface area contributed by atoms with Gasteiger partial charge >= 0.3 is 0 Å². The Morgan fingerprint density at radius 2 is 2.31 bits per heavy atom. The van der Waals surface area contributed by atoms with Gasteiger partial charge in [-0.25, -0.2) is 4.98 Å². The predicted molar refractivity (Wildman–Crippen MR) is 58.6 cm³/mol. The highest BCUT2D eigenvalue weighted by molar-refractivity contribution is 6.05. The molecule has 1 aliphatic rings. The molecule has 1 aromatic rings. The number of nitrogens with two attached hydrogens (primary N) is 1. The number of carbonyl (C=O) groups excluding carboxylic acids is 2. The van der Waals surface area contributed by atoms with Crippen LogP contribution in [0.25, 0.3) is 0 Å². The Labute approximate surface area is 93.3 Å². The summed E-state index contributed by atoms with van der Waals surface area (Å²) in [4.78, 5) is 28.7. The molecule has 0 bridgehead atoms. The molecule has 0 aromatic carbocycles. The number of hydrogen-bond acceptors (Lipinski definition) is 3. The molecule has 1 fully saturated rings. The molecule has 84 valence electrons. The molecule has 1 saturated heterocycles. The minimum absolute atomic E-state index is 0.111. The van der Waals surface area contributed by atoms with Crippen molar-refractivity contribution in [1.29, 1.82) is 0 Å². The third-order valence-electron chi connectivity index (χ3n) is 2.98. The lowest BCUT2D eigenvalue weighted by atomic mass is 9.98. The Balaban J connectivity index is 2.45. The molecule has 1 aromatic heterocycles. The molecule has 2 amide bonds. The molecule has 1 unspecified atom stereocenters.